The Hall–Kier alpha value is -2.60. The summed E-state index contributed by atoms with van der Waals surface area (Å²) in [4.78, 5) is 20.4. The second-order valence-electron chi connectivity index (χ2n) is 5.44. The van der Waals surface area contributed by atoms with Crippen molar-refractivity contribution in [2.75, 3.05) is 6.61 Å². The highest BCUT2D eigenvalue weighted by Gasteiger charge is 2.06. The minimum Gasteiger partial charge on any atom is -0.449 e. The molecule has 0 unspecified atom stereocenters. The lowest BCUT2D eigenvalue weighted by Crippen LogP contribution is -2.15. The van der Waals surface area contributed by atoms with Crippen molar-refractivity contribution in [3.05, 3.63) is 63.9 Å². The van der Waals surface area contributed by atoms with Crippen LogP contribution < -0.4 is 5.73 Å². The number of amides is 1. The summed E-state index contributed by atoms with van der Waals surface area (Å²) in [5.41, 5.74) is 9.12. The molecular formula is C18H20ClN3O3. The molecule has 1 aromatic carbocycles. The number of ether oxygens (including phenoxy) is 1. The number of hydrogen-bond acceptors (Lipinski definition) is 5. The first-order chi connectivity index (χ1) is 12.0. The third-order valence-electron chi connectivity index (χ3n) is 3.44. The lowest BCUT2D eigenvalue weighted by molar-refractivity contribution is 0.127. The monoisotopic (exact) mass is 361 g/mol. The summed E-state index contributed by atoms with van der Waals surface area (Å²) >= 11 is 6.16. The van der Waals surface area contributed by atoms with Crippen LogP contribution in [0, 0.1) is 6.92 Å². The van der Waals surface area contributed by atoms with Crippen LogP contribution in [0.25, 0.3) is 0 Å². The molecule has 2 N–H and O–H groups in total. The summed E-state index contributed by atoms with van der Waals surface area (Å²) in [6.07, 6.45) is -0.333. The minimum absolute atomic E-state index is 0.171. The number of oxime groups is 1. The molecule has 0 atom stereocenters. The molecule has 1 heterocycles. The maximum Gasteiger partial charge on any atom is 0.404 e. The lowest BCUT2D eigenvalue weighted by Gasteiger charge is -2.08. The fourth-order valence-electron chi connectivity index (χ4n) is 2.18. The number of carbonyl (C=O) groups is 1. The van der Waals surface area contributed by atoms with Crippen LogP contribution in [0.3, 0.4) is 0 Å². The number of aromatic nitrogens is 1. The van der Waals surface area contributed by atoms with Gasteiger partial charge in [0, 0.05) is 17.1 Å². The smallest absolute Gasteiger partial charge is 0.404 e. The number of aryl methyl sites for hydroxylation is 1. The fraction of sp³-hybridized carbons (Fsp3) is 0.278. The Morgan fingerprint density at radius 1 is 1.32 bits per heavy atom. The van der Waals surface area contributed by atoms with Gasteiger partial charge in [-0.25, -0.2) is 4.79 Å². The summed E-state index contributed by atoms with van der Waals surface area (Å²) in [6, 6.07) is 11.3. The molecule has 2 aromatic rings. The molecular weight excluding hydrogens is 342 g/mol. The summed E-state index contributed by atoms with van der Waals surface area (Å²) < 4.78 is 4.74. The van der Waals surface area contributed by atoms with Crippen molar-refractivity contribution >= 4 is 23.4 Å². The topological polar surface area (TPSA) is 86.8 Å². The zero-order valence-corrected chi connectivity index (χ0v) is 14.9. The molecule has 1 amide bonds. The molecule has 7 heteroatoms. The first-order valence-electron chi connectivity index (χ1n) is 7.76. The average molecular weight is 362 g/mol. The van der Waals surface area contributed by atoms with Gasteiger partial charge in [-0.1, -0.05) is 28.9 Å². The van der Waals surface area contributed by atoms with Crippen molar-refractivity contribution in [1.82, 2.24) is 4.98 Å². The van der Waals surface area contributed by atoms with E-state index in [0.29, 0.717) is 23.8 Å². The molecule has 25 heavy (non-hydrogen) atoms. The molecule has 2 rings (SSSR count). The highest BCUT2D eigenvalue weighted by Crippen LogP contribution is 2.19. The molecule has 0 aliphatic rings. The SMILES string of the molecule is C/C(=N/OCc1cccc(C)n1)c1ccc(Cl)c(CCOC(N)=O)c1. The number of nitrogens with zero attached hydrogens (tertiary/aromatic N) is 2. The van der Waals surface area contributed by atoms with Gasteiger partial charge in [-0.3, -0.25) is 4.98 Å². The number of nitrogens with two attached hydrogens (primary N) is 1. The van der Waals surface area contributed by atoms with Crippen molar-refractivity contribution in [3.63, 3.8) is 0 Å². The molecule has 6 nitrogen and oxygen atoms in total. The minimum atomic E-state index is -0.803. The third kappa shape index (κ3) is 6.08. The molecule has 0 bridgehead atoms. The molecule has 0 saturated heterocycles. The highest BCUT2D eigenvalue weighted by atomic mass is 35.5. The quantitative estimate of drug-likeness (QED) is 0.602. The zero-order chi connectivity index (χ0) is 18.2. The zero-order valence-electron chi connectivity index (χ0n) is 14.2. The molecule has 0 saturated carbocycles. The van der Waals surface area contributed by atoms with Crippen LogP contribution >= 0.6 is 11.6 Å². The standard InChI is InChI=1S/C18H20ClN3O3/c1-12-4-3-5-16(21-12)11-25-22-13(2)14-6-7-17(19)15(10-14)8-9-24-18(20)23/h3-7,10H,8-9,11H2,1-2H3,(H2,20,23)/b22-13-. The molecule has 132 valence electrons. The van der Waals surface area contributed by atoms with Crippen molar-refractivity contribution in [1.29, 1.82) is 0 Å². The Kier molecular flexibility index (Phi) is 6.77. The Labute approximate surface area is 151 Å². The van der Waals surface area contributed by atoms with Gasteiger partial charge >= 0.3 is 6.09 Å². The van der Waals surface area contributed by atoms with Crippen molar-refractivity contribution in [3.8, 4) is 0 Å². The molecule has 0 radical (unpaired) electrons. The Bertz CT molecular complexity index is 778. The van der Waals surface area contributed by atoms with Crippen molar-refractivity contribution < 1.29 is 14.4 Å². The predicted octanol–water partition coefficient (Wildman–Crippen LogP) is 3.62. The van der Waals surface area contributed by atoms with Crippen LogP contribution in [0.5, 0.6) is 0 Å². The largest absolute Gasteiger partial charge is 0.449 e. The van der Waals surface area contributed by atoms with E-state index >= 15 is 0 Å². The van der Waals surface area contributed by atoms with E-state index in [4.69, 9.17) is 26.9 Å². The van der Waals surface area contributed by atoms with Gasteiger partial charge < -0.3 is 15.3 Å². The van der Waals surface area contributed by atoms with E-state index < -0.39 is 6.09 Å². The van der Waals surface area contributed by atoms with Gasteiger partial charge in [0.05, 0.1) is 18.0 Å². The van der Waals surface area contributed by atoms with Gasteiger partial charge in [0.25, 0.3) is 0 Å². The van der Waals surface area contributed by atoms with E-state index in [2.05, 4.69) is 10.1 Å². The third-order valence-corrected chi connectivity index (χ3v) is 3.81. The first-order valence-corrected chi connectivity index (χ1v) is 8.13. The normalized spacial score (nSPS) is 11.2. The maximum atomic E-state index is 10.6. The van der Waals surface area contributed by atoms with Crippen LogP contribution in [0.2, 0.25) is 5.02 Å². The first kappa shape index (κ1) is 18.7. The number of rotatable bonds is 7. The van der Waals surface area contributed by atoms with Gasteiger partial charge in [-0.15, -0.1) is 0 Å². The number of primary amides is 1. The summed E-state index contributed by atoms with van der Waals surface area (Å²) in [5.74, 6) is 0. The average Bonchev–Trinajstić information content (AvgIpc) is 2.56. The summed E-state index contributed by atoms with van der Waals surface area (Å²) in [5, 5.41) is 4.72. The molecule has 0 fully saturated rings. The highest BCUT2D eigenvalue weighted by molar-refractivity contribution is 6.31. The molecule has 1 aromatic heterocycles. The maximum absolute atomic E-state index is 10.6. The number of halogens is 1. The van der Waals surface area contributed by atoms with Crippen molar-refractivity contribution in [2.45, 2.75) is 26.9 Å². The van der Waals surface area contributed by atoms with Crippen molar-refractivity contribution in [2.24, 2.45) is 10.9 Å². The van der Waals surface area contributed by atoms with Gasteiger partial charge in [0.1, 0.15) is 0 Å². The Morgan fingerprint density at radius 3 is 2.84 bits per heavy atom. The molecule has 0 aliphatic heterocycles. The van der Waals surface area contributed by atoms with Gasteiger partial charge in [0.2, 0.25) is 0 Å². The Balaban J connectivity index is 2.00. The van der Waals surface area contributed by atoms with Gasteiger partial charge in [-0.2, -0.15) is 0 Å². The molecule has 0 aliphatic carbocycles. The van der Waals surface area contributed by atoms with Crippen LogP contribution in [0.1, 0.15) is 29.4 Å². The lowest BCUT2D eigenvalue weighted by atomic mass is 10.1. The summed E-state index contributed by atoms with van der Waals surface area (Å²) in [6.45, 7) is 4.24. The number of hydrogen-bond donors (Lipinski definition) is 1. The van der Waals surface area contributed by atoms with Crippen LogP contribution in [0.15, 0.2) is 41.6 Å². The van der Waals surface area contributed by atoms with E-state index in [1.165, 1.54) is 0 Å². The van der Waals surface area contributed by atoms with Crippen LogP contribution in [0.4, 0.5) is 4.79 Å². The van der Waals surface area contributed by atoms with Crippen LogP contribution in [-0.2, 0) is 22.6 Å². The molecule has 0 spiro atoms. The van der Waals surface area contributed by atoms with E-state index in [9.17, 15) is 4.79 Å². The number of carbonyl (C=O) groups excluding carboxylic acids is 1. The van der Waals surface area contributed by atoms with E-state index in [1.54, 1.807) is 6.07 Å². The summed E-state index contributed by atoms with van der Waals surface area (Å²) in [7, 11) is 0. The number of benzene rings is 1. The number of pyridine rings is 1. The van der Waals surface area contributed by atoms with Gasteiger partial charge in [0.15, 0.2) is 6.61 Å². The second kappa shape index (κ2) is 9.03. The van der Waals surface area contributed by atoms with E-state index in [0.717, 1.165) is 22.5 Å². The predicted molar refractivity (Wildman–Crippen MR) is 96.7 cm³/mol. The fourth-order valence-corrected chi connectivity index (χ4v) is 2.39. The van der Waals surface area contributed by atoms with E-state index in [-0.39, 0.29) is 6.61 Å². The van der Waals surface area contributed by atoms with Gasteiger partial charge in [-0.05, 0) is 49.2 Å². The van der Waals surface area contributed by atoms with E-state index in [1.807, 2.05) is 44.2 Å². The van der Waals surface area contributed by atoms with Crippen LogP contribution in [-0.4, -0.2) is 23.4 Å². The Morgan fingerprint density at radius 2 is 2.12 bits per heavy atom. The second-order valence-corrected chi connectivity index (χ2v) is 5.85.